The summed E-state index contributed by atoms with van der Waals surface area (Å²) < 4.78 is 27.3. The van der Waals surface area contributed by atoms with Gasteiger partial charge in [0.2, 0.25) is 0 Å². The molecular weight excluding hydrogens is 298 g/mol. The number of carboxylic acid groups (broad SMARTS) is 1. The number of halogens is 3. The minimum Gasteiger partial charge on any atom is -0.478 e. The molecule has 0 aliphatic carbocycles. The van der Waals surface area contributed by atoms with Gasteiger partial charge in [-0.1, -0.05) is 0 Å². The maximum absolute atomic E-state index is 13.5. The van der Waals surface area contributed by atoms with Crippen molar-refractivity contribution in [2.24, 2.45) is 0 Å². The monoisotopic (exact) mass is 302 g/mol. The van der Waals surface area contributed by atoms with Crippen LogP contribution in [0.3, 0.4) is 0 Å². The zero-order chi connectivity index (χ0) is 12.6. The Bertz CT molecular complexity index is 598. The first-order valence-corrected chi connectivity index (χ1v) is 5.22. The third-order valence-corrected chi connectivity index (χ3v) is 2.84. The normalized spacial score (nSPS) is 10.5. The van der Waals surface area contributed by atoms with Crippen molar-refractivity contribution in [1.82, 2.24) is 9.78 Å². The number of carboxylic acids is 1. The first kappa shape index (κ1) is 11.7. The van der Waals surface area contributed by atoms with Gasteiger partial charge in [0.25, 0.3) is 0 Å². The van der Waals surface area contributed by atoms with Gasteiger partial charge < -0.3 is 5.11 Å². The molecule has 2 aromatic rings. The molecule has 0 fully saturated rings. The predicted octanol–water partition coefficient (Wildman–Crippen LogP) is 2.61. The van der Waals surface area contributed by atoms with E-state index in [0.717, 1.165) is 16.9 Å². The van der Waals surface area contributed by atoms with Crippen LogP contribution in [-0.2, 0) is 0 Å². The Balaban J connectivity index is 2.57. The number of aromatic nitrogens is 2. The summed E-state index contributed by atoms with van der Waals surface area (Å²) in [6, 6.07) is 2.94. The van der Waals surface area contributed by atoms with Crippen molar-refractivity contribution in [3.63, 3.8) is 0 Å². The topological polar surface area (TPSA) is 55.1 Å². The van der Waals surface area contributed by atoms with Crippen LogP contribution in [0.1, 0.15) is 10.4 Å². The van der Waals surface area contributed by atoms with Gasteiger partial charge in [-0.25, -0.2) is 18.3 Å². The molecule has 0 bridgehead atoms. The molecule has 1 heterocycles. The van der Waals surface area contributed by atoms with Crippen molar-refractivity contribution < 1.29 is 18.7 Å². The standard InChI is InChI=1S/C10H5BrF2N2O2/c11-9-6(10(16)17)4-14-15(9)8-2-1-5(12)3-7(8)13/h1-4H,(H,16,17). The maximum atomic E-state index is 13.5. The van der Waals surface area contributed by atoms with Crippen LogP contribution in [0.4, 0.5) is 8.78 Å². The Morgan fingerprint density at radius 1 is 1.41 bits per heavy atom. The van der Waals surface area contributed by atoms with Crippen LogP contribution >= 0.6 is 15.9 Å². The molecule has 2 rings (SSSR count). The Morgan fingerprint density at radius 3 is 2.65 bits per heavy atom. The summed E-state index contributed by atoms with van der Waals surface area (Å²) in [5, 5.41) is 12.5. The Morgan fingerprint density at radius 2 is 2.12 bits per heavy atom. The third kappa shape index (κ3) is 2.05. The van der Waals surface area contributed by atoms with E-state index in [9.17, 15) is 13.6 Å². The van der Waals surface area contributed by atoms with E-state index in [4.69, 9.17) is 5.11 Å². The van der Waals surface area contributed by atoms with Gasteiger partial charge in [-0.15, -0.1) is 0 Å². The number of hydrogen-bond donors (Lipinski definition) is 1. The highest BCUT2D eigenvalue weighted by Gasteiger charge is 2.17. The van der Waals surface area contributed by atoms with E-state index in [1.54, 1.807) is 0 Å². The van der Waals surface area contributed by atoms with Gasteiger partial charge in [0.05, 0.1) is 6.20 Å². The van der Waals surface area contributed by atoms with E-state index in [-0.39, 0.29) is 15.9 Å². The molecule has 7 heteroatoms. The highest BCUT2D eigenvalue weighted by molar-refractivity contribution is 9.10. The van der Waals surface area contributed by atoms with E-state index >= 15 is 0 Å². The van der Waals surface area contributed by atoms with Crippen LogP contribution in [0.15, 0.2) is 29.0 Å². The van der Waals surface area contributed by atoms with Crippen molar-refractivity contribution in [2.45, 2.75) is 0 Å². The Kier molecular flexibility index (Phi) is 2.93. The molecule has 1 aromatic carbocycles. The quantitative estimate of drug-likeness (QED) is 0.928. The second-order valence-corrected chi connectivity index (χ2v) is 3.91. The highest BCUT2D eigenvalue weighted by Crippen LogP contribution is 2.22. The van der Waals surface area contributed by atoms with Crippen molar-refractivity contribution in [1.29, 1.82) is 0 Å². The number of hydrogen-bond acceptors (Lipinski definition) is 2. The first-order chi connectivity index (χ1) is 8.00. The first-order valence-electron chi connectivity index (χ1n) is 4.43. The minimum atomic E-state index is -1.19. The summed E-state index contributed by atoms with van der Waals surface area (Å²) >= 11 is 3.00. The smallest absolute Gasteiger partial charge is 0.340 e. The summed E-state index contributed by atoms with van der Waals surface area (Å²) in [5.74, 6) is -2.73. The number of carbonyl (C=O) groups is 1. The zero-order valence-corrected chi connectivity index (χ0v) is 9.78. The summed E-state index contributed by atoms with van der Waals surface area (Å²) in [6.07, 6.45) is 1.08. The lowest BCUT2D eigenvalue weighted by atomic mass is 10.3. The Hall–Kier alpha value is -1.76. The molecule has 0 aliphatic rings. The van der Waals surface area contributed by atoms with E-state index in [0.29, 0.717) is 6.07 Å². The molecular formula is C10H5BrF2N2O2. The SMILES string of the molecule is O=C(O)c1cnn(-c2ccc(F)cc2F)c1Br. The van der Waals surface area contributed by atoms with Crippen molar-refractivity contribution in [3.8, 4) is 5.69 Å². The molecule has 0 radical (unpaired) electrons. The van der Waals surface area contributed by atoms with E-state index in [2.05, 4.69) is 21.0 Å². The number of benzene rings is 1. The average Bonchev–Trinajstić information content (AvgIpc) is 2.60. The van der Waals surface area contributed by atoms with Crippen LogP contribution in [0.25, 0.3) is 5.69 Å². The fourth-order valence-corrected chi connectivity index (χ4v) is 1.85. The minimum absolute atomic E-state index is 0.0363. The highest BCUT2D eigenvalue weighted by atomic mass is 79.9. The molecule has 0 amide bonds. The summed E-state index contributed by atoms with van der Waals surface area (Å²) in [7, 11) is 0. The number of rotatable bonds is 2. The molecule has 0 saturated carbocycles. The Labute approximate surface area is 103 Å². The van der Waals surface area contributed by atoms with Gasteiger partial charge in [0.1, 0.15) is 21.7 Å². The molecule has 0 saturated heterocycles. The van der Waals surface area contributed by atoms with Crippen LogP contribution in [0, 0.1) is 11.6 Å². The van der Waals surface area contributed by atoms with Crippen molar-refractivity contribution in [3.05, 3.63) is 46.2 Å². The predicted molar refractivity (Wildman–Crippen MR) is 58.1 cm³/mol. The van der Waals surface area contributed by atoms with Crippen molar-refractivity contribution in [2.75, 3.05) is 0 Å². The molecule has 0 spiro atoms. The zero-order valence-electron chi connectivity index (χ0n) is 8.19. The van der Waals surface area contributed by atoms with E-state index in [1.165, 1.54) is 6.07 Å². The van der Waals surface area contributed by atoms with E-state index in [1.807, 2.05) is 0 Å². The van der Waals surface area contributed by atoms with Gasteiger partial charge in [-0.3, -0.25) is 0 Å². The van der Waals surface area contributed by atoms with Crippen LogP contribution in [-0.4, -0.2) is 20.9 Å². The van der Waals surface area contributed by atoms with Gasteiger partial charge in [-0.2, -0.15) is 5.10 Å². The molecule has 4 nitrogen and oxygen atoms in total. The maximum Gasteiger partial charge on any atom is 0.340 e. The molecule has 0 unspecified atom stereocenters. The van der Waals surface area contributed by atoms with Gasteiger partial charge in [0, 0.05) is 6.07 Å². The van der Waals surface area contributed by atoms with Gasteiger partial charge in [-0.05, 0) is 28.1 Å². The lowest BCUT2D eigenvalue weighted by Gasteiger charge is -2.04. The molecule has 0 aliphatic heterocycles. The lowest BCUT2D eigenvalue weighted by molar-refractivity contribution is 0.0696. The average molecular weight is 303 g/mol. The van der Waals surface area contributed by atoms with Crippen molar-refractivity contribution >= 4 is 21.9 Å². The summed E-state index contributed by atoms with van der Waals surface area (Å²) in [6.45, 7) is 0. The molecule has 1 aromatic heterocycles. The number of nitrogens with zero attached hydrogens (tertiary/aromatic N) is 2. The molecule has 1 N–H and O–H groups in total. The third-order valence-electron chi connectivity index (χ3n) is 2.08. The van der Waals surface area contributed by atoms with Crippen LogP contribution < -0.4 is 0 Å². The lowest BCUT2D eigenvalue weighted by Crippen LogP contribution is -2.02. The van der Waals surface area contributed by atoms with Gasteiger partial charge >= 0.3 is 5.97 Å². The molecule has 0 atom stereocenters. The molecule has 88 valence electrons. The van der Waals surface area contributed by atoms with E-state index < -0.39 is 17.6 Å². The van der Waals surface area contributed by atoms with Crippen LogP contribution in [0.5, 0.6) is 0 Å². The second kappa shape index (κ2) is 4.25. The largest absolute Gasteiger partial charge is 0.478 e. The second-order valence-electron chi connectivity index (χ2n) is 3.16. The fourth-order valence-electron chi connectivity index (χ4n) is 1.30. The fraction of sp³-hybridized carbons (Fsp3) is 0. The summed E-state index contributed by atoms with van der Waals surface area (Å²) in [5.41, 5.74) is -0.139. The summed E-state index contributed by atoms with van der Waals surface area (Å²) in [4.78, 5) is 10.8. The number of aromatic carboxylic acids is 1. The van der Waals surface area contributed by atoms with Crippen LogP contribution in [0.2, 0.25) is 0 Å². The van der Waals surface area contributed by atoms with Gasteiger partial charge in [0.15, 0.2) is 5.82 Å². The molecule has 17 heavy (non-hydrogen) atoms.